The highest BCUT2D eigenvalue weighted by Gasteiger charge is 2.58. The lowest BCUT2D eigenvalue weighted by molar-refractivity contribution is -0.139. The van der Waals surface area contributed by atoms with Crippen molar-refractivity contribution in [1.82, 2.24) is 9.80 Å². The molecule has 6 nitrogen and oxygen atoms in total. The van der Waals surface area contributed by atoms with E-state index in [1.165, 1.54) is 12.5 Å². The van der Waals surface area contributed by atoms with Crippen LogP contribution >= 0.6 is 0 Å². The molecule has 10 heteroatoms. The van der Waals surface area contributed by atoms with Gasteiger partial charge in [0, 0.05) is 37.4 Å². The molecule has 1 unspecified atom stereocenters. The third-order valence-electron chi connectivity index (χ3n) is 8.55. The van der Waals surface area contributed by atoms with Gasteiger partial charge in [-0.15, -0.1) is 0 Å². The van der Waals surface area contributed by atoms with Gasteiger partial charge in [-0.05, 0) is 98.8 Å². The van der Waals surface area contributed by atoms with E-state index in [2.05, 4.69) is 21.6 Å². The third kappa shape index (κ3) is 6.05. The number of amides is 3. The Kier molecular flexibility index (Phi) is 7.59. The Hall–Kier alpha value is -3.14. The number of carbonyl (C=O) groups excluding carboxylic acids is 2. The second-order valence-corrected chi connectivity index (χ2v) is 11.1. The molecule has 0 aromatic heterocycles. The second kappa shape index (κ2) is 10.8. The van der Waals surface area contributed by atoms with Crippen LogP contribution in [0.1, 0.15) is 56.6 Å². The van der Waals surface area contributed by atoms with Gasteiger partial charge in [-0.1, -0.05) is 12.1 Å². The number of nitrogens with one attached hydrogen (secondary N) is 2. The number of rotatable bonds is 7. The molecule has 2 saturated carbocycles. The first kappa shape index (κ1) is 27.4. The normalized spacial score (nSPS) is 24.6. The molecule has 2 aromatic carbocycles. The van der Waals surface area contributed by atoms with Crippen LogP contribution in [0.15, 0.2) is 42.5 Å². The van der Waals surface area contributed by atoms with Gasteiger partial charge in [0.25, 0.3) is 0 Å². The summed E-state index contributed by atoms with van der Waals surface area (Å²) in [5.74, 6) is -1.11. The van der Waals surface area contributed by atoms with Crippen LogP contribution in [0.25, 0.3) is 0 Å². The van der Waals surface area contributed by atoms with Crippen LogP contribution in [0.4, 0.5) is 33.7 Å². The van der Waals surface area contributed by atoms with Crippen molar-refractivity contribution in [2.45, 2.75) is 63.1 Å². The zero-order chi connectivity index (χ0) is 27.8. The molecule has 1 saturated heterocycles. The Morgan fingerprint density at radius 2 is 1.82 bits per heavy atom. The van der Waals surface area contributed by atoms with Crippen molar-refractivity contribution in [2.24, 2.45) is 5.92 Å². The van der Waals surface area contributed by atoms with Crippen molar-refractivity contribution in [3.8, 4) is 0 Å². The number of benzene rings is 2. The lowest BCUT2D eigenvalue weighted by atomic mass is 9.80. The minimum absolute atomic E-state index is 0.0284. The smallest absolute Gasteiger partial charge is 0.326 e. The van der Waals surface area contributed by atoms with E-state index in [0.29, 0.717) is 25.1 Å². The fraction of sp³-hybridized carbons (Fsp3) is 0.517. The van der Waals surface area contributed by atoms with Crippen LogP contribution < -0.4 is 10.6 Å². The van der Waals surface area contributed by atoms with Crippen LogP contribution in [0.5, 0.6) is 0 Å². The minimum Gasteiger partial charge on any atom is -0.326 e. The second-order valence-electron chi connectivity index (χ2n) is 11.1. The molecule has 1 aliphatic heterocycles. The minimum atomic E-state index is -4.85. The molecule has 2 N–H and O–H groups in total. The molecule has 1 heterocycles. The highest BCUT2D eigenvalue weighted by atomic mass is 19.4. The van der Waals surface area contributed by atoms with E-state index in [1.807, 2.05) is 18.2 Å². The molecular formula is C29H34F4N4O2. The van der Waals surface area contributed by atoms with Gasteiger partial charge in [-0.3, -0.25) is 4.79 Å². The van der Waals surface area contributed by atoms with Crippen LogP contribution in [-0.2, 0) is 16.4 Å². The number of hydrogen-bond donors (Lipinski definition) is 2. The molecular weight excluding hydrogens is 512 g/mol. The number of hydrogen-bond acceptors (Lipinski definition) is 3. The summed E-state index contributed by atoms with van der Waals surface area (Å²) in [6.45, 7) is 4.61. The van der Waals surface area contributed by atoms with E-state index in [0.717, 1.165) is 69.4 Å². The van der Waals surface area contributed by atoms with Crippen LogP contribution in [-0.4, -0.2) is 54.0 Å². The number of alkyl halides is 3. The topological polar surface area (TPSA) is 64.7 Å². The quantitative estimate of drug-likeness (QED) is 0.404. The van der Waals surface area contributed by atoms with Gasteiger partial charge in [0.15, 0.2) is 0 Å². The third-order valence-corrected chi connectivity index (χ3v) is 8.55. The SMILES string of the molecule is CC(=O)Nc1cccc([C@@]23CC[C@@H](N(CCN4CCCC4)C(=O)Nc4ccc(F)c(C(F)(F)F)c4)CC2C3)c1. The van der Waals surface area contributed by atoms with Gasteiger partial charge in [-0.25, -0.2) is 9.18 Å². The van der Waals surface area contributed by atoms with Crippen molar-refractivity contribution in [3.63, 3.8) is 0 Å². The molecule has 39 heavy (non-hydrogen) atoms. The average Bonchev–Trinajstić information content (AvgIpc) is 3.39. The van der Waals surface area contributed by atoms with Crippen molar-refractivity contribution < 1.29 is 27.2 Å². The van der Waals surface area contributed by atoms with Crippen molar-refractivity contribution in [1.29, 1.82) is 0 Å². The average molecular weight is 547 g/mol. The summed E-state index contributed by atoms with van der Waals surface area (Å²) in [6, 6.07) is 9.99. The largest absolute Gasteiger partial charge is 0.419 e. The molecule has 3 amide bonds. The Bertz CT molecular complexity index is 1230. The van der Waals surface area contributed by atoms with Gasteiger partial charge in [-0.2, -0.15) is 13.2 Å². The van der Waals surface area contributed by atoms with Gasteiger partial charge in [0.2, 0.25) is 5.91 Å². The number of nitrogens with zero attached hydrogens (tertiary/aromatic N) is 2. The Labute approximate surface area is 225 Å². The van der Waals surface area contributed by atoms with Gasteiger partial charge >= 0.3 is 12.2 Å². The predicted octanol–water partition coefficient (Wildman–Crippen LogP) is 6.24. The highest BCUT2D eigenvalue weighted by molar-refractivity contribution is 5.90. The summed E-state index contributed by atoms with van der Waals surface area (Å²) >= 11 is 0. The van der Waals surface area contributed by atoms with E-state index < -0.39 is 23.6 Å². The first-order chi connectivity index (χ1) is 18.5. The lowest BCUT2D eigenvalue weighted by Crippen LogP contribution is -2.48. The zero-order valence-corrected chi connectivity index (χ0v) is 22.0. The first-order valence-corrected chi connectivity index (χ1v) is 13.6. The van der Waals surface area contributed by atoms with Crippen molar-refractivity contribution in [2.75, 3.05) is 36.8 Å². The number of anilines is 2. The molecule has 0 radical (unpaired) electrons. The Morgan fingerprint density at radius 3 is 2.51 bits per heavy atom. The first-order valence-electron chi connectivity index (χ1n) is 13.6. The predicted molar refractivity (Wildman–Crippen MR) is 141 cm³/mol. The van der Waals surface area contributed by atoms with Gasteiger partial charge < -0.3 is 20.4 Å². The molecule has 3 fully saturated rings. The Morgan fingerprint density at radius 1 is 1.08 bits per heavy atom. The maximum Gasteiger partial charge on any atom is 0.419 e. The van der Waals surface area contributed by atoms with E-state index in [1.54, 1.807) is 4.90 Å². The molecule has 210 valence electrons. The number of likely N-dealkylation sites (tertiary alicyclic amines) is 1. The number of fused-ring (bicyclic) bond motifs is 1. The number of carbonyl (C=O) groups is 2. The van der Waals surface area contributed by atoms with Crippen molar-refractivity contribution >= 4 is 23.3 Å². The van der Waals surface area contributed by atoms with Gasteiger partial charge in [0.1, 0.15) is 5.82 Å². The molecule has 0 spiro atoms. The molecule has 0 bridgehead atoms. The van der Waals surface area contributed by atoms with E-state index in [4.69, 9.17) is 0 Å². The number of halogens is 4. The Balaban J connectivity index is 1.30. The molecule has 3 aliphatic rings. The standard InChI is InChI=1S/C29H34F4N4O2/c1-19(38)34-22-6-4-5-20(15-22)28-10-9-24(16-21(28)18-28)37(14-13-36-11-2-3-12-36)27(39)35-23-7-8-26(30)25(17-23)29(31,32)33/h4-8,15,17,21,24H,2-3,9-14,16,18H2,1H3,(H,34,38)(H,35,39)/t21?,24-,28+/m1/s1. The summed E-state index contributed by atoms with van der Waals surface area (Å²) in [4.78, 5) is 29.0. The number of urea groups is 1. The van der Waals surface area contributed by atoms with Gasteiger partial charge in [0.05, 0.1) is 5.56 Å². The van der Waals surface area contributed by atoms with Crippen LogP contribution in [0.3, 0.4) is 0 Å². The molecule has 2 aromatic rings. The maximum absolute atomic E-state index is 13.8. The summed E-state index contributed by atoms with van der Waals surface area (Å²) in [6.07, 6.45) is 0.841. The summed E-state index contributed by atoms with van der Waals surface area (Å²) in [5, 5.41) is 5.46. The lowest BCUT2D eigenvalue weighted by Gasteiger charge is -2.37. The zero-order valence-electron chi connectivity index (χ0n) is 22.0. The highest BCUT2D eigenvalue weighted by Crippen LogP contribution is 2.63. The van der Waals surface area contributed by atoms with Crippen molar-refractivity contribution in [3.05, 3.63) is 59.4 Å². The van der Waals surface area contributed by atoms with E-state index >= 15 is 0 Å². The molecule has 2 aliphatic carbocycles. The maximum atomic E-state index is 13.8. The summed E-state index contributed by atoms with van der Waals surface area (Å²) < 4.78 is 53.5. The summed E-state index contributed by atoms with van der Waals surface area (Å²) in [7, 11) is 0. The summed E-state index contributed by atoms with van der Waals surface area (Å²) in [5.41, 5.74) is 0.514. The monoisotopic (exact) mass is 546 g/mol. The van der Waals surface area contributed by atoms with E-state index in [9.17, 15) is 27.2 Å². The molecule has 5 rings (SSSR count). The van der Waals surface area contributed by atoms with E-state index in [-0.39, 0.29) is 23.1 Å². The fourth-order valence-electron chi connectivity index (χ4n) is 6.48. The van der Waals surface area contributed by atoms with Crippen LogP contribution in [0, 0.1) is 11.7 Å². The molecule has 3 atom stereocenters. The fourth-order valence-corrected chi connectivity index (χ4v) is 6.48. The van der Waals surface area contributed by atoms with Crippen LogP contribution in [0.2, 0.25) is 0 Å².